The number of nitrogens with zero attached hydrogens (tertiary/aromatic N) is 3. The molecule has 1 unspecified atom stereocenters. The monoisotopic (exact) mass is 562 g/mol. The van der Waals surface area contributed by atoms with Gasteiger partial charge in [0.25, 0.3) is 0 Å². The number of thioether (sulfide) groups is 1. The van der Waals surface area contributed by atoms with Crippen LogP contribution in [0.4, 0.5) is 0 Å². The molecule has 212 valence electrons. The van der Waals surface area contributed by atoms with Gasteiger partial charge in [-0.25, -0.2) is 4.79 Å². The van der Waals surface area contributed by atoms with Crippen molar-refractivity contribution in [1.82, 2.24) is 20.1 Å². The Morgan fingerprint density at radius 2 is 1.93 bits per heavy atom. The Morgan fingerprint density at radius 1 is 1.12 bits per heavy atom. The lowest BCUT2D eigenvalue weighted by molar-refractivity contribution is -0.145. The van der Waals surface area contributed by atoms with Crippen LogP contribution in [-0.2, 0) is 32.1 Å². The zero-order valence-corrected chi connectivity index (χ0v) is 24.1. The molecule has 2 aromatic carbocycles. The van der Waals surface area contributed by atoms with Gasteiger partial charge in [0.05, 0.1) is 20.1 Å². The first-order valence-electron chi connectivity index (χ1n) is 13.7. The normalized spacial score (nSPS) is 15.8. The highest BCUT2D eigenvalue weighted by Gasteiger charge is 2.31. The molecule has 2 heterocycles. The highest BCUT2D eigenvalue weighted by atomic mass is 32.2. The van der Waals surface area contributed by atoms with Crippen molar-refractivity contribution >= 4 is 40.3 Å². The molecule has 0 aliphatic carbocycles. The van der Waals surface area contributed by atoms with Crippen LogP contribution < -0.4 is 5.32 Å². The van der Waals surface area contributed by atoms with Crippen LogP contribution in [0.5, 0.6) is 0 Å². The highest BCUT2D eigenvalue weighted by molar-refractivity contribution is 7.98. The van der Waals surface area contributed by atoms with E-state index in [4.69, 9.17) is 4.74 Å². The van der Waals surface area contributed by atoms with Crippen molar-refractivity contribution < 1.29 is 19.1 Å². The lowest BCUT2D eigenvalue weighted by Gasteiger charge is -2.31. The largest absolute Gasteiger partial charge is 0.467 e. The van der Waals surface area contributed by atoms with Crippen molar-refractivity contribution in [3.63, 3.8) is 0 Å². The molecule has 9 heteroatoms. The van der Waals surface area contributed by atoms with Crippen molar-refractivity contribution in [2.24, 2.45) is 0 Å². The van der Waals surface area contributed by atoms with E-state index in [1.54, 1.807) is 18.0 Å². The molecule has 1 N–H and O–H groups in total. The van der Waals surface area contributed by atoms with Crippen LogP contribution in [0.15, 0.2) is 66.9 Å². The van der Waals surface area contributed by atoms with Crippen molar-refractivity contribution in [3.05, 3.63) is 78.1 Å². The maximum Gasteiger partial charge on any atom is 0.328 e. The molecule has 1 aliphatic heterocycles. The Balaban J connectivity index is 1.52. The van der Waals surface area contributed by atoms with Crippen LogP contribution in [0.3, 0.4) is 0 Å². The van der Waals surface area contributed by atoms with Gasteiger partial charge in [0.2, 0.25) is 11.8 Å². The number of aromatic nitrogens is 1. The summed E-state index contributed by atoms with van der Waals surface area (Å²) in [5, 5.41) is 5.17. The molecule has 1 fully saturated rings. The fraction of sp³-hybridized carbons (Fsp3) is 0.419. The highest BCUT2D eigenvalue weighted by Crippen LogP contribution is 2.23. The van der Waals surface area contributed by atoms with E-state index < -0.39 is 12.0 Å². The summed E-state index contributed by atoms with van der Waals surface area (Å²) in [5.74, 6) is 0.111. The molecule has 40 heavy (non-hydrogen) atoms. The van der Waals surface area contributed by atoms with Crippen LogP contribution in [-0.4, -0.2) is 83.4 Å². The molecule has 2 atom stereocenters. The third-order valence-electron chi connectivity index (χ3n) is 7.30. The molecule has 1 aliphatic rings. The molecule has 1 saturated heterocycles. The zero-order chi connectivity index (χ0) is 28.3. The van der Waals surface area contributed by atoms with E-state index >= 15 is 0 Å². The number of carbonyl (C=O) groups excluding carboxylic acids is 3. The number of esters is 1. The smallest absolute Gasteiger partial charge is 0.328 e. The fourth-order valence-electron chi connectivity index (χ4n) is 5.34. The van der Waals surface area contributed by atoms with Gasteiger partial charge < -0.3 is 15.0 Å². The summed E-state index contributed by atoms with van der Waals surface area (Å²) in [4.78, 5) is 47.2. The average molecular weight is 563 g/mol. The molecule has 2 amide bonds. The van der Waals surface area contributed by atoms with E-state index in [0.29, 0.717) is 26.1 Å². The lowest BCUT2D eigenvalue weighted by Crippen LogP contribution is -2.49. The second-order valence-electron chi connectivity index (χ2n) is 10.1. The van der Waals surface area contributed by atoms with Crippen LogP contribution in [0.2, 0.25) is 0 Å². The van der Waals surface area contributed by atoms with E-state index in [9.17, 15) is 14.4 Å². The minimum absolute atomic E-state index is 0.00751. The number of hydrogen-bond donors (Lipinski definition) is 1. The van der Waals surface area contributed by atoms with Gasteiger partial charge >= 0.3 is 5.97 Å². The first-order chi connectivity index (χ1) is 19.5. The summed E-state index contributed by atoms with van der Waals surface area (Å²) in [5.41, 5.74) is 1.87. The van der Waals surface area contributed by atoms with Gasteiger partial charge in [0.1, 0.15) is 6.04 Å². The maximum atomic E-state index is 13.3. The summed E-state index contributed by atoms with van der Waals surface area (Å²) in [6.07, 6.45) is 6.23. The first-order valence-corrected chi connectivity index (χ1v) is 15.1. The third kappa shape index (κ3) is 8.05. The van der Waals surface area contributed by atoms with Crippen molar-refractivity contribution in [1.29, 1.82) is 0 Å². The SMILES string of the molecule is COC(=O)C(CCSC)NC(=O)CN(Cc1cccc2ccccc12)C[C@@H]1CCCN1C(=O)Cc1ccccn1. The molecular weight excluding hydrogens is 524 g/mol. The Hall–Kier alpha value is -3.43. The molecule has 0 bridgehead atoms. The predicted molar refractivity (Wildman–Crippen MR) is 159 cm³/mol. The van der Waals surface area contributed by atoms with Gasteiger partial charge in [-0.2, -0.15) is 11.8 Å². The van der Waals surface area contributed by atoms with Crippen LogP contribution in [0, 0.1) is 0 Å². The molecule has 0 spiro atoms. The van der Waals surface area contributed by atoms with Crippen LogP contribution >= 0.6 is 11.8 Å². The number of hydrogen-bond acceptors (Lipinski definition) is 7. The third-order valence-corrected chi connectivity index (χ3v) is 7.94. The van der Waals surface area contributed by atoms with Gasteiger partial charge in [-0.15, -0.1) is 0 Å². The number of ether oxygens (including phenoxy) is 1. The van der Waals surface area contributed by atoms with E-state index in [2.05, 4.69) is 39.5 Å². The van der Waals surface area contributed by atoms with E-state index in [0.717, 1.165) is 40.6 Å². The number of methoxy groups -OCH3 is 1. The molecule has 0 radical (unpaired) electrons. The van der Waals surface area contributed by atoms with Crippen LogP contribution in [0.25, 0.3) is 10.8 Å². The van der Waals surface area contributed by atoms with Crippen molar-refractivity contribution in [2.75, 3.05) is 38.8 Å². The number of carbonyl (C=O) groups is 3. The standard InChI is InChI=1S/C31H38N4O4S/c1-39-31(38)28(15-18-40-2)33-29(36)22-34(20-24-11-7-10-23-9-3-4-14-27(23)24)21-26-13-8-17-35(26)30(37)19-25-12-5-6-16-32-25/h3-7,9-12,14,16,26,28H,8,13,15,17-22H2,1-2H3,(H,33,36)/t26-,28?/m0/s1. The summed E-state index contributed by atoms with van der Waals surface area (Å²) in [6.45, 7) is 1.90. The molecular formula is C31H38N4O4S. The van der Waals surface area contributed by atoms with Gasteiger partial charge in [-0.05, 0) is 59.7 Å². The summed E-state index contributed by atoms with van der Waals surface area (Å²) in [6, 6.07) is 19.3. The average Bonchev–Trinajstić information content (AvgIpc) is 3.43. The topological polar surface area (TPSA) is 91.8 Å². The predicted octanol–water partition coefficient (Wildman–Crippen LogP) is 3.68. The number of pyridine rings is 1. The summed E-state index contributed by atoms with van der Waals surface area (Å²) < 4.78 is 4.93. The lowest BCUT2D eigenvalue weighted by atomic mass is 10.0. The number of fused-ring (bicyclic) bond motifs is 1. The van der Waals surface area contributed by atoms with Gasteiger partial charge in [0, 0.05) is 37.6 Å². The maximum absolute atomic E-state index is 13.3. The first kappa shape index (κ1) is 29.6. The Kier molecular flexibility index (Phi) is 10.9. The minimum atomic E-state index is -0.688. The number of amides is 2. The second kappa shape index (κ2) is 14.8. The number of benzene rings is 2. The van der Waals surface area contributed by atoms with Crippen molar-refractivity contribution in [3.8, 4) is 0 Å². The Bertz CT molecular complexity index is 1280. The van der Waals surface area contributed by atoms with E-state index in [-0.39, 0.29) is 30.8 Å². The number of nitrogens with one attached hydrogen (secondary N) is 1. The Labute approximate surface area is 240 Å². The zero-order valence-electron chi connectivity index (χ0n) is 23.3. The van der Waals surface area contributed by atoms with E-state index in [1.165, 1.54) is 7.11 Å². The van der Waals surface area contributed by atoms with Crippen molar-refractivity contribution in [2.45, 2.75) is 44.3 Å². The molecule has 8 nitrogen and oxygen atoms in total. The molecule has 1 aromatic heterocycles. The van der Waals surface area contributed by atoms with Gasteiger partial charge in [-0.1, -0.05) is 48.5 Å². The number of rotatable bonds is 13. The molecule has 3 aromatic rings. The number of likely N-dealkylation sites (tertiary alicyclic amines) is 1. The molecule has 0 saturated carbocycles. The van der Waals surface area contributed by atoms with Gasteiger partial charge in [-0.3, -0.25) is 19.5 Å². The second-order valence-corrected chi connectivity index (χ2v) is 11.1. The molecule has 4 rings (SSSR count). The minimum Gasteiger partial charge on any atom is -0.467 e. The Morgan fingerprint density at radius 3 is 2.70 bits per heavy atom. The van der Waals surface area contributed by atoms with Crippen LogP contribution in [0.1, 0.15) is 30.5 Å². The quantitative estimate of drug-likeness (QED) is 0.318. The van der Waals surface area contributed by atoms with E-state index in [1.807, 2.05) is 47.6 Å². The fourth-order valence-corrected chi connectivity index (χ4v) is 5.81. The summed E-state index contributed by atoms with van der Waals surface area (Å²) >= 11 is 1.61. The van der Waals surface area contributed by atoms with Gasteiger partial charge in [0.15, 0.2) is 0 Å². The summed E-state index contributed by atoms with van der Waals surface area (Å²) in [7, 11) is 1.34.